The van der Waals surface area contributed by atoms with Crippen LogP contribution in [0.3, 0.4) is 0 Å². The second kappa shape index (κ2) is 10.5. The number of hydrogen-bond acceptors (Lipinski definition) is 5. The Kier molecular flexibility index (Phi) is 8.00. The van der Waals surface area contributed by atoms with E-state index in [-0.39, 0.29) is 30.0 Å². The third-order valence-electron chi connectivity index (χ3n) is 5.63. The normalized spacial score (nSPS) is 15.7. The highest BCUT2D eigenvalue weighted by molar-refractivity contribution is 9.10. The molecule has 0 spiro atoms. The van der Waals surface area contributed by atoms with Crippen LogP contribution in [0.25, 0.3) is 0 Å². The molecule has 0 bridgehead atoms. The smallest absolute Gasteiger partial charge is 0.410 e. The van der Waals surface area contributed by atoms with Gasteiger partial charge in [0.15, 0.2) is 5.78 Å². The number of Topliss-reactive ketones (excluding diaryl/α,β-unsaturated/α-hetero) is 2. The zero-order chi connectivity index (χ0) is 24.2. The molecule has 3 rings (SSSR count). The first-order chi connectivity index (χ1) is 15.5. The maximum Gasteiger partial charge on any atom is 0.410 e. The van der Waals surface area contributed by atoms with Gasteiger partial charge in [0.1, 0.15) is 17.2 Å². The first-order valence-electron chi connectivity index (χ1n) is 10.9. The maximum absolute atomic E-state index is 13.4. The highest BCUT2D eigenvalue weighted by atomic mass is 79.9. The van der Waals surface area contributed by atoms with Gasteiger partial charge in [0.25, 0.3) is 0 Å². The van der Waals surface area contributed by atoms with Crippen molar-refractivity contribution in [1.82, 2.24) is 9.88 Å². The molecule has 1 amide bonds. The number of nitrogens with zero attached hydrogens (tertiary/aromatic N) is 2. The van der Waals surface area contributed by atoms with Crippen LogP contribution in [0.15, 0.2) is 47.2 Å². The SMILES string of the molecule is CC(C)(C)OC(=O)N1CCC(C(=O)CC(C(=O)c2ccc(F)cc2)c2ccncc2Br)CC1. The van der Waals surface area contributed by atoms with E-state index in [9.17, 15) is 18.8 Å². The average Bonchev–Trinajstić information content (AvgIpc) is 2.77. The molecule has 1 aliphatic rings. The van der Waals surface area contributed by atoms with Gasteiger partial charge in [-0.2, -0.15) is 0 Å². The summed E-state index contributed by atoms with van der Waals surface area (Å²) < 4.78 is 19.4. The Labute approximate surface area is 201 Å². The second-order valence-corrected chi connectivity index (χ2v) is 10.1. The number of carbonyl (C=O) groups is 3. The van der Waals surface area contributed by atoms with Crippen LogP contribution in [0.1, 0.15) is 61.9 Å². The van der Waals surface area contributed by atoms with Crippen LogP contribution in [0.4, 0.5) is 9.18 Å². The summed E-state index contributed by atoms with van der Waals surface area (Å²) in [5.41, 5.74) is 0.437. The highest BCUT2D eigenvalue weighted by Crippen LogP contribution is 2.33. The summed E-state index contributed by atoms with van der Waals surface area (Å²) in [6.45, 7) is 6.31. The van der Waals surface area contributed by atoms with Crippen molar-refractivity contribution in [3.8, 4) is 0 Å². The minimum atomic E-state index is -0.718. The lowest BCUT2D eigenvalue weighted by molar-refractivity contribution is -0.124. The fraction of sp³-hybridized carbons (Fsp3) is 0.440. The number of ketones is 2. The minimum Gasteiger partial charge on any atom is -0.444 e. The van der Waals surface area contributed by atoms with E-state index < -0.39 is 17.3 Å². The molecule has 1 aromatic carbocycles. The van der Waals surface area contributed by atoms with E-state index in [0.29, 0.717) is 41.5 Å². The van der Waals surface area contributed by atoms with E-state index in [2.05, 4.69) is 20.9 Å². The molecular formula is C25H28BrFN2O4. The molecule has 2 aromatic rings. The Morgan fingerprint density at radius 3 is 2.36 bits per heavy atom. The topological polar surface area (TPSA) is 76.6 Å². The van der Waals surface area contributed by atoms with Crippen molar-refractivity contribution in [3.05, 3.63) is 64.1 Å². The average molecular weight is 519 g/mol. The lowest BCUT2D eigenvalue weighted by Gasteiger charge is -2.33. The Morgan fingerprint density at radius 1 is 1.15 bits per heavy atom. The van der Waals surface area contributed by atoms with Crippen molar-refractivity contribution in [3.63, 3.8) is 0 Å². The van der Waals surface area contributed by atoms with E-state index in [1.54, 1.807) is 23.4 Å². The Hall–Kier alpha value is -2.61. The van der Waals surface area contributed by atoms with Gasteiger partial charge in [-0.05, 0) is 85.4 Å². The van der Waals surface area contributed by atoms with Crippen LogP contribution in [-0.2, 0) is 9.53 Å². The zero-order valence-corrected chi connectivity index (χ0v) is 20.6. The number of aromatic nitrogens is 1. The van der Waals surface area contributed by atoms with Crippen LogP contribution in [0.5, 0.6) is 0 Å². The molecule has 0 N–H and O–H groups in total. The van der Waals surface area contributed by atoms with E-state index >= 15 is 0 Å². The molecule has 1 fully saturated rings. The van der Waals surface area contributed by atoms with E-state index in [0.717, 1.165) is 0 Å². The van der Waals surface area contributed by atoms with E-state index in [1.165, 1.54) is 24.3 Å². The number of hydrogen-bond donors (Lipinski definition) is 0. The van der Waals surface area contributed by atoms with Gasteiger partial charge in [0, 0.05) is 47.9 Å². The van der Waals surface area contributed by atoms with Crippen LogP contribution in [0.2, 0.25) is 0 Å². The number of likely N-dealkylation sites (tertiary alicyclic amines) is 1. The van der Waals surface area contributed by atoms with Gasteiger partial charge in [0.05, 0.1) is 5.92 Å². The molecule has 33 heavy (non-hydrogen) atoms. The highest BCUT2D eigenvalue weighted by Gasteiger charge is 2.33. The molecule has 2 heterocycles. The Morgan fingerprint density at radius 2 is 1.79 bits per heavy atom. The van der Waals surface area contributed by atoms with Crippen molar-refractivity contribution in [2.75, 3.05) is 13.1 Å². The lowest BCUT2D eigenvalue weighted by atomic mass is 9.82. The summed E-state index contributed by atoms with van der Waals surface area (Å²) in [5, 5.41) is 0. The number of benzene rings is 1. The summed E-state index contributed by atoms with van der Waals surface area (Å²) in [6, 6.07) is 7.06. The predicted octanol–water partition coefficient (Wildman–Crippen LogP) is 5.56. The molecule has 1 saturated heterocycles. The van der Waals surface area contributed by atoms with Crippen molar-refractivity contribution < 1.29 is 23.5 Å². The molecule has 0 radical (unpaired) electrons. The molecule has 0 saturated carbocycles. The molecule has 0 aliphatic carbocycles. The molecule has 176 valence electrons. The van der Waals surface area contributed by atoms with Gasteiger partial charge in [-0.3, -0.25) is 14.6 Å². The van der Waals surface area contributed by atoms with Crippen molar-refractivity contribution in [1.29, 1.82) is 0 Å². The molecule has 1 unspecified atom stereocenters. The summed E-state index contributed by atoms with van der Waals surface area (Å²) in [4.78, 5) is 44.5. The van der Waals surface area contributed by atoms with Gasteiger partial charge >= 0.3 is 6.09 Å². The van der Waals surface area contributed by atoms with Crippen molar-refractivity contribution >= 4 is 33.6 Å². The summed E-state index contributed by atoms with van der Waals surface area (Å²) in [7, 11) is 0. The number of rotatable bonds is 6. The molecule has 1 atom stereocenters. The molecular weight excluding hydrogens is 491 g/mol. The number of ether oxygens (including phenoxy) is 1. The number of halogens is 2. The van der Waals surface area contributed by atoms with Crippen LogP contribution in [0, 0.1) is 11.7 Å². The summed E-state index contributed by atoms with van der Waals surface area (Å²) >= 11 is 3.44. The number of pyridine rings is 1. The molecule has 1 aliphatic heterocycles. The maximum atomic E-state index is 13.4. The third kappa shape index (κ3) is 6.69. The number of piperidine rings is 1. The molecule has 8 heteroatoms. The fourth-order valence-electron chi connectivity index (χ4n) is 3.91. The first-order valence-corrected chi connectivity index (χ1v) is 11.7. The van der Waals surface area contributed by atoms with Gasteiger partial charge in [-0.15, -0.1) is 0 Å². The monoisotopic (exact) mass is 518 g/mol. The van der Waals surface area contributed by atoms with Crippen LogP contribution >= 0.6 is 15.9 Å². The van der Waals surface area contributed by atoms with Gasteiger partial charge in [-0.25, -0.2) is 9.18 Å². The van der Waals surface area contributed by atoms with Crippen molar-refractivity contribution in [2.24, 2.45) is 5.92 Å². The summed E-state index contributed by atoms with van der Waals surface area (Å²) in [6.07, 6.45) is 3.85. The second-order valence-electron chi connectivity index (χ2n) is 9.23. The lowest BCUT2D eigenvalue weighted by Crippen LogP contribution is -2.43. The number of amides is 1. The minimum absolute atomic E-state index is 0.0237. The fourth-order valence-corrected chi connectivity index (χ4v) is 4.43. The van der Waals surface area contributed by atoms with E-state index in [1.807, 2.05) is 20.8 Å². The molecule has 1 aromatic heterocycles. The van der Waals surface area contributed by atoms with Gasteiger partial charge < -0.3 is 9.64 Å². The standard InChI is InChI=1S/C25H28BrFN2O4/c1-25(2,3)33-24(32)29-12-9-16(10-13-29)22(30)14-20(19-8-11-28-15-21(19)26)23(31)17-4-6-18(27)7-5-17/h4-8,11,15-16,20H,9-10,12-14H2,1-3H3. The zero-order valence-electron chi connectivity index (χ0n) is 19.0. The van der Waals surface area contributed by atoms with Gasteiger partial charge in [0.2, 0.25) is 0 Å². The van der Waals surface area contributed by atoms with Crippen LogP contribution in [-0.4, -0.2) is 46.2 Å². The predicted molar refractivity (Wildman–Crippen MR) is 126 cm³/mol. The van der Waals surface area contributed by atoms with Crippen molar-refractivity contribution in [2.45, 2.75) is 51.6 Å². The Bertz CT molecular complexity index is 1010. The summed E-state index contributed by atoms with van der Waals surface area (Å²) in [5.74, 6) is -1.66. The van der Waals surface area contributed by atoms with E-state index in [4.69, 9.17) is 4.74 Å². The van der Waals surface area contributed by atoms with Crippen LogP contribution < -0.4 is 0 Å². The van der Waals surface area contributed by atoms with Gasteiger partial charge in [-0.1, -0.05) is 0 Å². The largest absolute Gasteiger partial charge is 0.444 e. The third-order valence-corrected chi connectivity index (χ3v) is 6.29. The molecule has 6 nitrogen and oxygen atoms in total. The first kappa shape index (κ1) is 25.0. The Balaban J connectivity index is 1.72. The number of carbonyl (C=O) groups excluding carboxylic acids is 3. The quantitative estimate of drug-likeness (QED) is 0.468.